The van der Waals surface area contributed by atoms with Gasteiger partial charge in [-0.15, -0.1) is 11.3 Å². The van der Waals surface area contributed by atoms with Crippen LogP contribution in [0.1, 0.15) is 81.3 Å². The molecule has 158 valence electrons. The summed E-state index contributed by atoms with van der Waals surface area (Å²) in [5, 5.41) is 1.93. The maximum atomic E-state index is 12.6. The van der Waals surface area contributed by atoms with Crippen molar-refractivity contribution in [2.45, 2.75) is 77.7 Å². The molecule has 4 aliphatic rings. The lowest BCUT2D eigenvalue weighted by Gasteiger charge is -2.60. The van der Waals surface area contributed by atoms with E-state index in [2.05, 4.69) is 29.8 Å². The molecule has 1 aromatic heterocycles. The zero-order chi connectivity index (χ0) is 20.4. The molecule has 0 amide bonds. The Hall–Kier alpha value is -0.680. The maximum Gasteiger partial charge on any atom is 0.348 e. The third-order valence-corrected chi connectivity index (χ3v) is 11.0. The summed E-state index contributed by atoms with van der Waals surface area (Å²) in [6.45, 7) is 4.78. The van der Waals surface area contributed by atoms with E-state index in [1.54, 1.807) is 0 Å². The molecule has 4 aliphatic carbocycles. The van der Waals surface area contributed by atoms with Crippen LogP contribution in [0.4, 0.5) is 0 Å². The number of carbonyl (C=O) groups excluding carboxylic acids is 2. The van der Waals surface area contributed by atoms with Gasteiger partial charge in [-0.3, -0.25) is 4.79 Å². The fourth-order valence-electron chi connectivity index (χ4n) is 7.73. The molecule has 5 rings (SSSR count). The zero-order valence-corrected chi connectivity index (χ0v) is 19.8. The quantitative estimate of drug-likeness (QED) is 0.446. The Balaban J connectivity index is 1.29. The van der Waals surface area contributed by atoms with Crippen molar-refractivity contribution in [2.75, 3.05) is 0 Å². The molecule has 4 fully saturated rings. The highest BCUT2D eigenvalue weighted by Gasteiger charge is 2.60. The van der Waals surface area contributed by atoms with E-state index in [4.69, 9.17) is 4.74 Å². The van der Waals surface area contributed by atoms with Crippen molar-refractivity contribution in [3.8, 4) is 0 Å². The second-order valence-corrected chi connectivity index (χ2v) is 12.3. The molecule has 0 aliphatic heterocycles. The number of fused-ring (bicyclic) bond motifs is 5. The molecule has 4 saturated carbocycles. The first-order valence-corrected chi connectivity index (χ1v) is 13.0. The van der Waals surface area contributed by atoms with Gasteiger partial charge in [0.05, 0.1) is 0 Å². The fourth-order valence-corrected chi connectivity index (χ4v) is 9.03. The van der Waals surface area contributed by atoms with Gasteiger partial charge in [0.2, 0.25) is 0 Å². The summed E-state index contributed by atoms with van der Waals surface area (Å²) >= 11 is 4.86. The molecule has 0 aromatic carbocycles. The Morgan fingerprint density at radius 2 is 1.97 bits per heavy atom. The first-order chi connectivity index (χ1) is 13.8. The van der Waals surface area contributed by atoms with Crippen LogP contribution in [0.15, 0.2) is 15.9 Å². The van der Waals surface area contributed by atoms with Crippen LogP contribution in [0.2, 0.25) is 0 Å². The normalized spacial score (nSPS) is 44.0. The minimum Gasteiger partial charge on any atom is -0.458 e. The molecule has 3 nitrogen and oxygen atoms in total. The summed E-state index contributed by atoms with van der Waals surface area (Å²) in [7, 11) is 0. The smallest absolute Gasteiger partial charge is 0.348 e. The molecule has 1 heterocycles. The Kier molecular flexibility index (Phi) is 5.01. The Morgan fingerprint density at radius 3 is 2.72 bits per heavy atom. The van der Waals surface area contributed by atoms with E-state index < -0.39 is 0 Å². The van der Waals surface area contributed by atoms with Gasteiger partial charge < -0.3 is 4.74 Å². The van der Waals surface area contributed by atoms with Crippen LogP contribution in [0.5, 0.6) is 0 Å². The van der Waals surface area contributed by atoms with Crippen molar-refractivity contribution in [1.82, 2.24) is 0 Å². The molecule has 1 aromatic rings. The Labute approximate surface area is 186 Å². The lowest BCUT2D eigenvalue weighted by atomic mass is 9.45. The van der Waals surface area contributed by atoms with E-state index in [1.807, 2.05) is 11.4 Å². The Morgan fingerprint density at radius 1 is 1.14 bits per heavy atom. The number of halogens is 1. The van der Waals surface area contributed by atoms with Crippen molar-refractivity contribution in [3.63, 3.8) is 0 Å². The second kappa shape index (κ2) is 7.19. The van der Waals surface area contributed by atoms with E-state index in [-0.39, 0.29) is 17.5 Å². The standard InChI is InChI=1S/C24H31BrO3S/c1-23-9-7-16(28-22(27)20-12-15(25)13-29-20)11-14(23)3-4-17-18-5-6-21(26)24(18,2)10-8-19(17)23/h12-14,16-19H,3-11H2,1-2H3/t14-,16-,17-,18-,19-,23-,24-/m0/s1. The van der Waals surface area contributed by atoms with E-state index in [9.17, 15) is 9.59 Å². The van der Waals surface area contributed by atoms with E-state index in [1.165, 1.54) is 30.6 Å². The molecule has 29 heavy (non-hydrogen) atoms. The van der Waals surface area contributed by atoms with Gasteiger partial charge in [-0.2, -0.15) is 0 Å². The molecule has 0 spiro atoms. The molecule has 0 unspecified atom stereocenters. The topological polar surface area (TPSA) is 43.4 Å². The highest BCUT2D eigenvalue weighted by atomic mass is 79.9. The highest BCUT2D eigenvalue weighted by Crippen LogP contribution is 2.65. The minimum atomic E-state index is -0.166. The minimum absolute atomic E-state index is 0.0356. The lowest BCUT2D eigenvalue weighted by molar-refractivity contribution is -0.142. The first kappa shape index (κ1) is 20.2. The average Bonchev–Trinajstić information content (AvgIpc) is 3.25. The van der Waals surface area contributed by atoms with Crippen LogP contribution in [0.3, 0.4) is 0 Å². The van der Waals surface area contributed by atoms with Crippen LogP contribution in [0.25, 0.3) is 0 Å². The van der Waals surface area contributed by atoms with Crippen molar-refractivity contribution >= 4 is 39.0 Å². The average molecular weight is 479 g/mol. The number of hydrogen-bond acceptors (Lipinski definition) is 4. The molecule has 0 radical (unpaired) electrons. The van der Waals surface area contributed by atoms with E-state index >= 15 is 0 Å². The summed E-state index contributed by atoms with van der Waals surface area (Å²) in [5.74, 6) is 3.09. The van der Waals surface area contributed by atoms with E-state index in [0.717, 1.165) is 54.8 Å². The van der Waals surface area contributed by atoms with Gasteiger partial charge in [-0.05, 0) is 102 Å². The SMILES string of the molecule is C[C@]12CC[C@H](OC(=O)c3cc(Br)cs3)C[C@@H]1CC[C@@H]1[C@@H]2CC[C@]2(C)C(=O)CC[C@@H]12. The molecule has 5 heteroatoms. The van der Waals surface area contributed by atoms with Gasteiger partial charge in [-0.25, -0.2) is 4.79 Å². The third kappa shape index (κ3) is 3.17. The van der Waals surface area contributed by atoms with Gasteiger partial charge in [0.25, 0.3) is 0 Å². The molecule has 0 N–H and O–H groups in total. The summed E-state index contributed by atoms with van der Waals surface area (Å²) in [6.07, 6.45) is 9.93. The van der Waals surface area contributed by atoms with Gasteiger partial charge in [0.1, 0.15) is 16.8 Å². The van der Waals surface area contributed by atoms with Crippen LogP contribution >= 0.6 is 27.3 Å². The maximum absolute atomic E-state index is 12.6. The number of rotatable bonds is 2. The molecule has 7 atom stereocenters. The largest absolute Gasteiger partial charge is 0.458 e. The number of ether oxygens (including phenoxy) is 1. The number of hydrogen-bond donors (Lipinski definition) is 0. The van der Waals surface area contributed by atoms with Gasteiger partial charge >= 0.3 is 5.97 Å². The van der Waals surface area contributed by atoms with Crippen LogP contribution in [-0.4, -0.2) is 17.9 Å². The number of thiophene rings is 1. The first-order valence-electron chi connectivity index (χ1n) is 11.3. The molecule has 0 bridgehead atoms. The van der Waals surface area contributed by atoms with Crippen LogP contribution in [0, 0.1) is 34.5 Å². The predicted octanol–water partition coefficient (Wildman–Crippen LogP) is 6.65. The monoisotopic (exact) mass is 478 g/mol. The van der Waals surface area contributed by atoms with Crippen molar-refractivity contribution < 1.29 is 14.3 Å². The summed E-state index contributed by atoms with van der Waals surface area (Å²) in [5.41, 5.74) is 0.316. The molecular weight excluding hydrogens is 448 g/mol. The van der Waals surface area contributed by atoms with E-state index in [0.29, 0.717) is 27.9 Å². The molecule has 0 saturated heterocycles. The highest BCUT2D eigenvalue weighted by molar-refractivity contribution is 9.10. The summed E-state index contributed by atoms with van der Waals surface area (Å²) < 4.78 is 6.87. The van der Waals surface area contributed by atoms with Crippen LogP contribution < -0.4 is 0 Å². The van der Waals surface area contributed by atoms with Crippen molar-refractivity contribution in [2.24, 2.45) is 34.5 Å². The van der Waals surface area contributed by atoms with Gasteiger partial charge in [0, 0.05) is 21.7 Å². The molecular formula is C24H31BrO3S. The summed E-state index contributed by atoms with van der Waals surface area (Å²) in [4.78, 5) is 25.8. The summed E-state index contributed by atoms with van der Waals surface area (Å²) in [6, 6.07) is 1.85. The van der Waals surface area contributed by atoms with Crippen molar-refractivity contribution in [1.29, 1.82) is 0 Å². The number of carbonyl (C=O) groups is 2. The number of Topliss-reactive ketones (excluding diaryl/α,β-unsaturated/α-hetero) is 1. The van der Waals surface area contributed by atoms with Crippen molar-refractivity contribution in [3.05, 3.63) is 20.8 Å². The third-order valence-electron chi connectivity index (χ3n) is 9.37. The van der Waals surface area contributed by atoms with Gasteiger partial charge in [-0.1, -0.05) is 13.8 Å². The lowest BCUT2D eigenvalue weighted by Crippen LogP contribution is -2.54. The number of ketones is 1. The fraction of sp³-hybridized carbons (Fsp3) is 0.750. The zero-order valence-electron chi connectivity index (χ0n) is 17.4. The second-order valence-electron chi connectivity index (χ2n) is 10.5. The Bertz CT molecular complexity index is 834. The number of esters is 1. The van der Waals surface area contributed by atoms with Gasteiger partial charge in [0.15, 0.2) is 0 Å². The van der Waals surface area contributed by atoms with Crippen LogP contribution in [-0.2, 0) is 9.53 Å². The predicted molar refractivity (Wildman–Crippen MR) is 118 cm³/mol.